The fraction of sp³-hybridized carbons (Fsp3) is 0.750. The van der Waals surface area contributed by atoms with Crippen molar-refractivity contribution in [1.29, 1.82) is 0 Å². The fourth-order valence-electron chi connectivity index (χ4n) is 2.38. The van der Waals surface area contributed by atoms with Gasteiger partial charge in [0.2, 0.25) is 0 Å². The van der Waals surface area contributed by atoms with E-state index in [1.807, 2.05) is 6.20 Å². The Hall–Kier alpha value is -0.610. The van der Waals surface area contributed by atoms with Crippen LogP contribution in [-0.2, 0) is 6.54 Å². The van der Waals surface area contributed by atoms with E-state index in [9.17, 15) is 0 Å². The van der Waals surface area contributed by atoms with Gasteiger partial charge in [-0.15, -0.1) is 11.3 Å². The molecule has 2 rings (SSSR count). The second kappa shape index (κ2) is 5.64. The zero-order valence-corrected chi connectivity index (χ0v) is 11.0. The molecule has 1 aromatic rings. The maximum Gasteiger partial charge on any atom is 0.182 e. The Kier molecular flexibility index (Phi) is 4.18. The smallest absolute Gasteiger partial charge is 0.182 e. The minimum absolute atomic E-state index is 0.796. The molecule has 1 aromatic heterocycles. The summed E-state index contributed by atoms with van der Waals surface area (Å²) in [6.45, 7) is 7.69. The maximum absolute atomic E-state index is 4.38. The second-order valence-electron chi connectivity index (χ2n) is 4.34. The average Bonchev–Trinajstić information content (AvgIpc) is 2.89. The SMILES string of the molecule is CCNc1ncc(CN2CCCC2CC)s1. The van der Waals surface area contributed by atoms with E-state index in [-0.39, 0.29) is 0 Å². The molecule has 4 heteroatoms. The van der Waals surface area contributed by atoms with Crippen molar-refractivity contribution in [2.45, 2.75) is 45.7 Å². The lowest BCUT2D eigenvalue weighted by Gasteiger charge is -2.22. The Morgan fingerprint density at radius 2 is 2.44 bits per heavy atom. The summed E-state index contributed by atoms with van der Waals surface area (Å²) in [6, 6.07) is 0.796. The van der Waals surface area contributed by atoms with Crippen LogP contribution in [0.4, 0.5) is 5.13 Å². The lowest BCUT2D eigenvalue weighted by Crippen LogP contribution is -2.27. The van der Waals surface area contributed by atoms with Crippen molar-refractivity contribution in [2.75, 3.05) is 18.4 Å². The summed E-state index contributed by atoms with van der Waals surface area (Å²) in [5.41, 5.74) is 0. The number of anilines is 1. The largest absolute Gasteiger partial charge is 0.362 e. The van der Waals surface area contributed by atoms with Crippen LogP contribution in [0.2, 0.25) is 0 Å². The van der Waals surface area contributed by atoms with Crippen LogP contribution in [0.25, 0.3) is 0 Å². The van der Waals surface area contributed by atoms with Gasteiger partial charge in [0.15, 0.2) is 5.13 Å². The van der Waals surface area contributed by atoms with Gasteiger partial charge < -0.3 is 5.32 Å². The van der Waals surface area contributed by atoms with Crippen molar-refractivity contribution in [3.8, 4) is 0 Å². The summed E-state index contributed by atoms with van der Waals surface area (Å²) in [7, 11) is 0. The Morgan fingerprint density at radius 1 is 1.56 bits per heavy atom. The summed E-state index contributed by atoms with van der Waals surface area (Å²) in [5, 5.41) is 4.33. The molecule has 0 saturated carbocycles. The average molecular weight is 239 g/mol. The Bertz CT molecular complexity index is 324. The summed E-state index contributed by atoms with van der Waals surface area (Å²) in [4.78, 5) is 8.37. The molecule has 1 N–H and O–H groups in total. The fourth-order valence-corrected chi connectivity index (χ4v) is 3.29. The highest BCUT2D eigenvalue weighted by atomic mass is 32.1. The van der Waals surface area contributed by atoms with E-state index >= 15 is 0 Å². The summed E-state index contributed by atoms with van der Waals surface area (Å²) in [5.74, 6) is 0. The van der Waals surface area contributed by atoms with E-state index in [0.717, 1.165) is 24.3 Å². The van der Waals surface area contributed by atoms with Gasteiger partial charge in [-0.05, 0) is 32.7 Å². The van der Waals surface area contributed by atoms with Gasteiger partial charge in [0, 0.05) is 30.2 Å². The number of aromatic nitrogens is 1. The molecule has 1 atom stereocenters. The van der Waals surface area contributed by atoms with E-state index in [0.29, 0.717) is 0 Å². The molecule has 3 nitrogen and oxygen atoms in total. The molecule has 1 saturated heterocycles. The number of nitrogens with one attached hydrogen (secondary N) is 1. The Labute approximate surface area is 102 Å². The number of hydrogen-bond donors (Lipinski definition) is 1. The summed E-state index contributed by atoms with van der Waals surface area (Å²) < 4.78 is 0. The van der Waals surface area contributed by atoms with Crippen LogP contribution in [0, 0.1) is 0 Å². The first-order chi connectivity index (χ1) is 7.83. The van der Waals surface area contributed by atoms with Gasteiger partial charge in [0.1, 0.15) is 0 Å². The maximum atomic E-state index is 4.38. The Morgan fingerprint density at radius 3 is 3.19 bits per heavy atom. The molecule has 1 unspecified atom stereocenters. The van der Waals surface area contributed by atoms with Crippen molar-refractivity contribution in [2.24, 2.45) is 0 Å². The first kappa shape index (κ1) is 11.9. The van der Waals surface area contributed by atoms with Crippen molar-refractivity contribution in [3.63, 3.8) is 0 Å². The third kappa shape index (κ3) is 2.74. The molecule has 1 aliphatic rings. The van der Waals surface area contributed by atoms with E-state index in [2.05, 4.69) is 29.0 Å². The van der Waals surface area contributed by atoms with Gasteiger partial charge in [-0.25, -0.2) is 4.98 Å². The second-order valence-corrected chi connectivity index (χ2v) is 5.45. The third-order valence-electron chi connectivity index (χ3n) is 3.21. The highest BCUT2D eigenvalue weighted by molar-refractivity contribution is 7.15. The standard InChI is InChI=1S/C12H21N3S/c1-3-10-6-5-7-15(10)9-11-8-14-12(16-11)13-4-2/h8,10H,3-7,9H2,1-2H3,(H,13,14). The molecular weight excluding hydrogens is 218 g/mol. The molecule has 16 heavy (non-hydrogen) atoms. The van der Waals surface area contributed by atoms with Gasteiger partial charge in [-0.2, -0.15) is 0 Å². The van der Waals surface area contributed by atoms with Crippen LogP contribution in [-0.4, -0.2) is 29.0 Å². The number of thiazole rings is 1. The van der Waals surface area contributed by atoms with Crippen molar-refractivity contribution in [1.82, 2.24) is 9.88 Å². The highest BCUT2D eigenvalue weighted by Gasteiger charge is 2.23. The molecule has 0 bridgehead atoms. The van der Waals surface area contributed by atoms with Crippen LogP contribution >= 0.6 is 11.3 Å². The number of rotatable bonds is 5. The van der Waals surface area contributed by atoms with Crippen LogP contribution < -0.4 is 5.32 Å². The van der Waals surface area contributed by atoms with Gasteiger partial charge in [-0.1, -0.05) is 6.92 Å². The molecule has 90 valence electrons. The molecule has 0 amide bonds. The van der Waals surface area contributed by atoms with Crippen LogP contribution in [0.1, 0.15) is 38.0 Å². The third-order valence-corrected chi connectivity index (χ3v) is 4.15. The molecule has 1 aliphatic heterocycles. The lowest BCUT2D eigenvalue weighted by atomic mass is 10.2. The zero-order valence-electron chi connectivity index (χ0n) is 10.2. The molecule has 2 heterocycles. The summed E-state index contributed by atoms with van der Waals surface area (Å²) >= 11 is 1.79. The molecule has 0 aromatic carbocycles. The molecular formula is C12H21N3S. The highest BCUT2D eigenvalue weighted by Crippen LogP contribution is 2.25. The van der Waals surface area contributed by atoms with Gasteiger partial charge in [0.05, 0.1) is 0 Å². The summed E-state index contributed by atoms with van der Waals surface area (Å²) in [6.07, 6.45) is 6.03. The van der Waals surface area contributed by atoms with Gasteiger partial charge >= 0.3 is 0 Å². The van der Waals surface area contributed by atoms with Crippen LogP contribution in [0.15, 0.2) is 6.20 Å². The van der Waals surface area contributed by atoms with Crippen molar-refractivity contribution in [3.05, 3.63) is 11.1 Å². The van der Waals surface area contributed by atoms with Crippen LogP contribution in [0.3, 0.4) is 0 Å². The predicted octanol–water partition coefficient (Wildman–Crippen LogP) is 2.95. The Balaban J connectivity index is 1.92. The molecule has 0 spiro atoms. The number of hydrogen-bond acceptors (Lipinski definition) is 4. The zero-order chi connectivity index (χ0) is 11.4. The predicted molar refractivity (Wildman–Crippen MR) is 70.0 cm³/mol. The first-order valence-corrected chi connectivity index (χ1v) is 7.07. The van der Waals surface area contributed by atoms with E-state index < -0.39 is 0 Å². The normalized spacial score (nSPS) is 21.5. The van der Waals surface area contributed by atoms with Crippen molar-refractivity contribution < 1.29 is 0 Å². The number of likely N-dealkylation sites (tertiary alicyclic amines) is 1. The molecule has 0 radical (unpaired) electrons. The van der Waals surface area contributed by atoms with E-state index in [1.165, 1.54) is 30.7 Å². The van der Waals surface area contributed by atoms with Crippen LogP contribution in [0.5, 0.6) is 0 Å². The van der Waals surface area contributed by atoms with Gasteiger partial charge in [0.25, 0.3) is 0 Å². The van der Waals surface area contributed by atoms with Crippen molar-refractivity contribution >= 4 is 16.5 Å². The quantitative estimate of drug-likeness (QED) is 0.856. The first-order valence-electron chi connectivity index (χ1n) is 6.26. The van der Waals surface area contributed by atoms with E-state index in [4.69, 9.17) is 0 Å². The van der Waals surface area contributed by atoms with Gasteiger partial charge in [-0.3, -0.25) is 4.90 Å². The molecule has 0 aliphatic carbocycles. The molecule has 1 fully saturated rings. The monoisotopic (exact) mass is 239 g/mol. The minimum Gasteiger partial charge on any atom is -0.362 e. The minimum atomic E-state index is 0.796. The topological polar surface area (TPSA) is 28.2 Å². The number of nitrogens with zero attached hydrogens (tertiary/aromatic N) is 2. The van der Waals surface area contributed by atoms with E-state index in [1.54, 1.807) is 11.3 Å². The lowest BCUT2D eigenvalue weighted by molar-refractivity contribution is 0.242.